The van der Waals surface area contributed by atoms with E-state index in [0.29, 0.717) is 24.2 Å². The van der Waals surface area contributed by atoms with Gasteiger partial charge in [0.25, 0.3) is 5.91 Å². The van der Waals surface area contributed by atoms with Crippen LogP contribution in [0.3, 0.4) is 0 Å². The van der Waals surface area contributed by atoms with Gasteiger partial charge in [0.05, 0.1) is 12.3 Å². The Morgan fingerprint density at radius 2 is 2.09 bits per heavy atom. The Labute approximate surface area is 134 Å². The molecule has 1 aromatic heterocycles. The van der Waals surface area contributed by atoms with Gasteiger partial charge in [-0.1, -0.05) is 29.4 Å². The summed E-state index contributed by atoms with van der Waals surface area (Å²) in [6.45, 7) is 4.10. The van der Waals surface area contributed by atoms with Gasteiger partial charge in [0.1, 0.15) is 17.9 Å². The van der Waals surface area contributed by atoms with Gasteiger partial charge < -0.3 is 14.2 Å². The second-order valence-corrected chi connectivity index (χ2v) is 5.49. The summed E-state index contributed by atoms with van der Waals surface area (Å²) in [4.78, 5) is 26.7. The third-order valence-corrected chi connectivity index (χ3v) is 4.05. The zero-order valence-electron chi connectivity index (χ0n) is 13.1. The Bertz CT molecular complexity index is 738. The Balaban J connectivity index is 1.96. The predicted octanol–water partition coefficient (Wildman–Crippen LogP) is 2.11. The Morgan fingerprint density at radius 3 is 2.74 bits per heavy atom. The Morgan fingerprint density at radius 1 is 1.35 bits per heavy atom. The molecule has 2 aromatic rings. The van der Waals surface area contributed by atoms with Gasteiger partial charge in [0.15, 0.2) is 0 Å². The van der Waals surface area contributed by atoms with Crippen LogP contribution < -0.4 is 0 Å². The molecule has 0 radical (unpaired) electrons. The van der Waals surface area contributed by atoms with E-state index in [1.807, 2.05) is 24.3 Å². The highest BCUT2D eigenvalue weighted by atomic mass is 16.5. The van der Waals surface area contributed by atoms with Crippen molar-refractivity contribution in [3.05, 3.63) is 52.9 Å². The molecule has 120 valence electrons. The number of amides is 1. The number of aromatic nitrogens is 1. The van der Waals surface area contributed by atoms with Crippen LogP contribution in [0.25, 0.3) is 0 Å². The number of rotatable bonds is 3. The van der Waals surface area contributed by atoms with E-state index in [1.165, 1.54) is 6.26 Å². The number of hydrogen-bond acceptors (Lipinski definition) is 5. The van der Waals surface area contributed by atoms with Crippen LogP contribution in [0.1, 0.15) is 34.1 Å². The number of carbonyl (C=O) groups excluding carboxylic acids is 2. The molecule has 0 N–H and O–H groups in total. The van der Waals surface area contributed by atoms with Gasteiger partial charge in [-0.25, -0.2) is 4.79 Å². The van der Waals surface area contributed by atoms with Gasteiger partial charge in [0.2, 0.25) is 0 Å². The number of ether oxygens (including phenoxy) is 1. The lowest BCUT2D eigenvalue weighted by atomic mass is 9.93. The first-order valence-corrected chi connectivity index (χ1v) is 7.57. The molecule has 1 amide bonds. The fourth-order valence-corrected chi connectivity index (χ4v) is 2.84. The maximum Gasteiger partial charge on any atom is 0.329 e. The van der Waals surface area contributed by atoms with Crippen molar-refractivity contribution < 1.29 is 18.8 Å². The van der Waals surface area contributed by atoms with Crippen LogP contribution >= 0.6 is 0 Å². The number of carbonyl (C=O) groups is 2. The van der Waals surface area contributed by atoms with Gasteiger partial charge in [-0.15, -0.1) is 0 Å². The standard InChI is InChI=1S/C17H18N2O4/c1-3-22-17(21)15-8-12-6-4-5-7-13(12)9-19(15)16(20)14-10-23-18-11(14)2/h4-7,10,15H,3,8-9H2,1-2H3. The van der Waals surface area contributed by atoms with E-state index in [4.69, 9.17) is 9.26 Å². The van der Waals surface area contributed by atoms with E-state index in [0.717, 1.165) is 11.1 Å². The molecule has 3 rings (SSSR count). The summed E-state index contributed by atoms with van der Waals surface area (Å²) < 4.78 is 10.0. The highest BCUT2D eigenvalue weighted by Gasteiger charge is 2.36. The summed E-state index contributed by atoms with van der Waals surface area (Å²) in [7, 11) is 0. The molecule has 0 aliphatic carbocycles. The second kappa shape index (κ2) is 6.24. The molecule has 1 unspecified atom stereocenters. The highest BCUT2D eigenvalue weighted by molar-refractivity contribution is 5.97. The van der Waals surface area contributed by atoms with Gasteiger partial charge in [-0.3, -0.25) is 4.79 Å². The van der Waals surface area contributed by atoms with E-state index >= 15 is 0 Å². The number of hydrogen-bond donors (Lipinski definition) is 0. The highest BCUT2D eigenvalue weighted by Crippen LogP contribution is 2.26. The number of benzene rings is 1. The van der Waals surface area contributed by atoms with Crippen LogP contribution in [0.5, 0.6) is 0 Å². The summed E-state index contributed by atoms with van der Waals surface area (Å²) in [6.07, 6.45) is 1.77. The predicted molar refractivity (Wildman–Crippen MR) is 81.7 cm³/mol. The van der Waals surface area contributed by atoms with Crippen LogP contribution in [-0.4, -0.2) is 34.6 Å². The SMILES string of the molecule is CCOC(=O)C1Cc2ccccc2CN1C(=O)c1conc1C. The van der Waals surface area contributed by atoms with E-state index in [-0.39, 0.29) is 18.5 Å². The molecule has 1 aliphatic rings. The van der Waals surface area contributed by atoms with Crippen molar-refractivity contribution in [1.82, 2.24) is 10.1 Å². The minimum Gasteiger partial charge on any atom is -0.464 e. The fourth-order valence-electron chi connectivity index (χ4n) is 2.84. The lowest BCUT2D eigenvalue weighted by Gasteiger charge is -2.35. The summed E-state index contributed by atoms with van der Waals surface area (Å²) in [6, 6.07) is 7.18. The number of fused-ring (bicyclic) bond motifs is 1. The molecule has 6 nitrogen and oxygen atoms in total. The number of nitrogens with zero attached hydrogens (tertiary/aromatic N) is 2. The molecule has 2 heterocycles. The van der Waals surface area contributed by atoms with Crippen LogP contribution in [0, 0.1) is 6.92 Å². The van der Waals surface area contributed by atoms with Gasteiger partial charge in [0, 0.05) is 13.0 Å². The first kappa shape index (κ1) is 15.3. The zero-order valence-corrected chi connectivity index (χ0v) is 13.1. The first-order valence-electron chi connectivity index (χ1n) is 7.57. The van der Waals surface area contributed by atoms with Crippen molar-refractivity contribution in [2.45, 2.75) is 32.9 Å². The molecule has 23 heavy (non-hydrogen) atoms. The topological polar surface area (TPSA) is 72.6 Å². The number of aryl methyl sites for hydroxylation is 1. The van der Waals surface area contributed by atoms with Gasteiger partial charge >= 0.3 is 5.97 Å². The minimum atomic E-state index is -0.633. The van der Waals surface area contributed by atoms with E-state index in [9.17, 15) is 9.59 Å². The summed E-state index contributed by atoms with van der Waals surface area (Å²) in [5, 5.41) is 3.74. The Hall–Kier alpha value is -2.63. The molecule has 0 saturated carbocycles. The molecule has 0 spiro atoms. The third-order valence-electron chi connectivity index (χ3n) is 4.05. The van der Waals surface area contributed by atoms with Crippen LogP contribution in [0.15, 0.2) is 35.1 Å². The minimum absolute atomic E-state index is 0.267. The Kier molecular flexibility index (Phi) is 4.14. The van der Waals surface area contributed by atoms with Crippen molar-refractivity contribution in [3.63, 3.8) is 0 Å². The van der Waals surface area contributed by atoms with E-state index in [2.05, 4.69) is 5.16 Å². The van der Waals surface area contributed by atoms with Crippen LogP contribution in [0.2, 0.25) is 0 Å². The molecule has 0 saturated heterocycles. The average molecular weight is 314 g/mol. The first-order chi connectivity index (χ1) is 11.1. The summed E-state index contributed by atoms with van der Waals surface area (Å²) >= 11 is 0. The van der Waals surface area contributed by atoms with Crippen molar-refractivity contribution in [2.24, 2.45) is 0 Å². The number of esters is 1. The zero-order chi connectivity index (χ0) is 16.4. The van der Waals surface area contributed by atoms with Gasteiger partial charge in [-0.05, 0) is 25.0 Å². The van der Waals surface area contributed by atoms with Crippen LogP contribution in [0.4, 0.5) is 0 Å². The summed E-state index contributed by atoms with van der Waals surface area (Å²) in [5.74, 6) is -0.652. The van der Waals surface area contributed by atoms with Crippen molar-refractivity contribution in [1.29, 1.82) is 0 Å². The van der Waals surface area contributed by atoms with Crippen molar-refractivity contribution >= 4 is 11.9 Å². The molecular weight excluding hydrogens is 296 g/mol. The van der Waals surface area contributed by atoms with Crippen molar-refractivity contribution in [2.75, 3.05) is 6.61 Å². The largest absolute Gasteiger partial charge is 0.464 e. The molecule has 1 aromatic carbocycles. The maximum atomic E-state index is 12.8. The fraction of sp³-hybridized carbons (Fsp3) is 0.353. The molecule has 1 aliphatic heterocycles. The maximum absolute atomic E-state index is 12.8. The molecule has 0 fully saturated rings. The van der Waals surface area contributed by atoms with E-state index < -0.39 is 6.04 Å². The lowest BCUT2D eigenvalue weighted by Crippen LogP contribution is -2.49. The second-order valence-electron chi connectivity index (χ2n) is 5.49. The smallest absolute Gasteiger partial charge is 0.329 e. The third kappa shape index (κ3) is 2.84. The summed E-state index contributed by atoms with van der Waals surface area (Å²) in [5.41, 5.74) is 2.99. The normalized spacial score (nSPS) is 16.8. The lowest BCUT2D eigenvalue weighted by molar-refractivity contribution is -0.149. The molecular formula is C17H18N2O4. The molecule has 6 heteroatoms. The molecule has 1 atom stereocenters. The van der Waals surface area contributed by atoms with Crippen molar-refractivity contribution in [3.8, 4) is 0 Å². The van der Waals surface area contributed by atoms with E-state index in [1.54, 1.807) is 18.7 Å². The van der Waals surface area contributed by atoms with Crippen LogP contribution in [-0.2, 0) is 22.5 Å². The average Bonchev–Trinajstić information content (AvgIpc) is 2.99. The van der Waals surface area contributed by atoms with Gasteiger partial charge in [-0.2, -0.15) is 0 Å². The monoisotopic (exact) mass is 314 g/mol. The quantitative estimate of drug-likeness (QED) is 0.811. The molecule has 0 bridgehead atoms.